The lowest BCUT2D eigenvalue weighted by molar-refractivity contribution is 0.628. The van der Waals surface area contributed by atoms with Gasteiger partial charge < -0.3 is 15.1 Å². The van der Waals surface area contributed by atoms with Crippen molar-refractivity contribution < 1.29 is 4.39 Å². The third-order valence-corrected chi connectivity index (χ3v) is 4.66. The topological polar surface area (TPSA) is 57.2 Å². The Bertz CT molecular complexity index is 912. The van der Waals surface area contributed by atoms with E-state index in [0.29, 0.717) is 11.6 Å². The third kappa shape index (κ3) is 4.25. The van der Waals surface area contributed by atoms with E-state index in [0.717, 1.165) is 42.7 Å². The van der Waals surface area contributed by atoms with Gasteiger partial charge in [0.05, 0.1) is 6.20 Å². The molecule has 0 aliphatic carbocycles. The summed E-state index contributed by atoms with van der Waals surface area (Å²) in [5.41, 5.74) is 1.84. The molecule has 0 saturated carbocycles. The summed E-state index contributed by atoms with van der Waals surface area (Å²) in [5, 5.41) is 11.8. The highest BCUT2D eigenvalue weighted by Gasteiger charge is 2.19. The maximum absolute atomic E-state index is 13.0. The van der Waals surface area contributed by atoms with Crippen LogP contribution in [0.1, 0.15) is 0 Å². The quantitative estimate of drug-likeness (QED) is 0.739. The summed E-state index contributed by atoms with van der Waals surface area (Å²) in [6, 6.07) is 13.9. The van der Waals surface area contributed by atoms with Gasteiger partial charge in [-0.15, -0.1) is 5.10 Å². The standard InChI is InChI=1S/C19H18ClFN6/c20-14-2-1-3-17(12-14)26-8-10-27(11-9-26)18-13-22-25-19(24-18)23-16-6-4-15(21)5-7-16/h1-7,12-13H,8-11H2,(H,23,24,25). The summed E-state index contributed by atoms with van der Waals surface area (Å²) < 4.78 is 13.0. The lowest BCUT2D eigenvalue weighted by Gasteiger charge is -2.36. The highest BCUT2D eigenvalue weighted by Crippen LogP contribution is 2.22. The Morgan fingerprint density at radius 3 is 2.44 bits per heavy atom. The van der Waals surface area contributed by atoms with Crippen LogP contribution < -0.4 is 15.1 Å². The molecule has 1 aliphatic heterocycles. The first-order valence-electron chi connectivity index (χ1n) is 8.65. The van der Waals surface area contributed by atoms with E-state index in [-0.39, 0.29) is 5.82 Å². The Morgan fingerprint density at radius 2 is 1.70 bits per heavy atom. The lowest BCUT2D eigenvalue weighted by Crippen LogP contribution is -2.46. The lowest BCUT2D eigenvalue weighted by atomic mass is 10.2. The molecule has 3 aromatic rings. The number of nitrogens with zero attached hydrogens (tertiary/aromatic N) is 5. The number of aromatic nitrogens is 3. The molecule has 0 amide bonds. The molecule has 27 heavy (non-hydrogen) atoms. The van der Waals surface area contributed by atoms with Crippen LogP contribution in [-0.4, -0.2) is 41.4 Å². The third-order valence-electron chi connectivity index (χ3n) is 4.42. The van der Waals surface area contributed by atoms with Gasteiger partial charge in [0.25, 0.3) is 0 Å². The maximum atomic E-state index is 13.0. The molecule has 2 aromatic carbocycles. The van der Waals surface area contributed by atoms with Gasteiger partial charge in [-0.3, -0.25) is 0 Å². The van der Waals surface area contributed by atoms with Gasteiger partial charge >= 0.3 is 0 Å². The number of anilines is 4. The minimum absolute atomic E-state index is 0.286. The van der Waals surface area contributed by atoms with Crippen molar-refractivity contribution in [1.29, 1.82) is 0 Å². The molecule has 6 nitrogen and oxygen atoms in total. The average molecular weight is 385 g/mol. The van der Waals surface area contributed by atoms with Crippen LogP contribution in [0.25, 0.3) is 0 Å². The SMILES string of the molecule is Fc1ccc(Nc2nncc(N3CCN(c4cccc(Cl)c4)CC3)n2)cc1. The van der Waals surface area contributed by atoms with E-state index in [2.05, 4.69) is 36.4 Å². The Balaban J connectivity index is 1.42. The minimum atomic E-state index is -0.286. The first-order valence-corrected chi connectivity index (χ1v) is 9.03. The highest BCUT2D eigenvalue weighted by atomic mass is 35.5. The van der Waals surface area contributed by atoms with Crippen molar-refractivity contribution in [2.75, 3.05) is 41.3 Å². The van der Waals surface area contributed by atoms with E-state index in [1.54, 1.807) is 18.3 Å². The number of benzene rings is 2. The Hall–Kier alpha value is -2.93. The van der Waals surface area contributed by atoms with E-state index >= 15 is 0 Å². The zero-order chi connectivity index (χ0) is 18.6. The molecular weight excluding hydrogens is 367 g/mol. The van der Waals surface area contributed by atoms with Crippen LogP contribution in [-0.2, 0) is 0 Å². The smallest absolute Gasteiger partial charge is 0.249 e. The number of nitrogens with one attached hydrogen (secondary N) is 1. The fraction of sp³-hybridized carbons (Fsp3) is 0.211. The molecule has 1 N–H and O–H groups in total. The first kappa shape index (κ1) is 17.5. The van der Waals surface area contributed by atoms with Crippen LogP contribution in [0.15, 0.2) is 54.7 Å². The van der Waals surface area contributed by atoms with Crippen molar-refractivity contribution in [2.45, 2.75) is 0 Å². The number of halogens is 2. The molecule has 1 aromatic heterocycles. The molecule has 138 valence electrons. The molecule has 1 saturated heterocycles. The average Bonchev–Trinajstić information content (AvgIpc) is 2.70. The Morgan fingerprint density at radius 1 is 0.963 bits per heavy atom. The molecule has 0 bridgehead atoms. The minimum Gasteiger partial charge on any atom is -0.368 e. The first-order chi connectivity index (χ1) is 13.2. The van der Waals surface area contributed by atoms with Crippen LogP contribution in [0.2, 0.25) is 5.02 Å². The second kappa shape index (κ2) is 7.75. The van der Waals surface area contributed by atoms with Crippen LogP contribution in [0.3, 0.4) is 0 Å². The monoisotopic (exact) mass is 384 g/mol. The summed E-state index contributed by atoms with van der Waals surface area (Å²) >= 11 is 6.09. The second-order valence-electron chi connectivity index (χ2n) is 6.22. The van der Waals surface area contributed by atoms with E-state index in [1.807, 2.05) is 18.2 Å². The molecule has 1 fully saturated rings. The molecule has 1 aliphatic rings. The van der Waals surface area contributed by atoms with Crippen molar-refractivity contribution in [2.24, 2.45) is 0 Å². The summed E-state index contributed by atoms with van der Waals surface area (Å²) in [4.78, 5) is 9.01. The predicted molar refractivity (Wildman–Crippen MR) is 105 cm³/mol. The van der Waals surface area contributed by atoms with Gasteiger partial charge in [0.1, 0.15) is 5.82 Å². The molecular formula is C19H18ClFN6. The van der Waals surface area contributed by atoms with Gasteiger partial charge in [-0.25, -0.2) is 4.39 Å². The fourth-order valence-corrected chi connectivity index (χ4v) is 3.21. The molecule has 0 unspecified atom stereocenters. The van der Waals surface area contributed by atoms with E-state index in [4.69, 9.17) is 11.6 Å². The predicted octanol–water partition coefficient (Wildman–Crippen LogP) is 3.73. The summed E-state index contributed by atoms with van der Waals surface area (Å²) in [6.45, 7) is 3.37. The molecule has 4 rings (SSSR count). The van der Waals surface area contributed by atoms with Crippen molar-refractivity contribution in [3.8, 4) is 0 Å². The summed E-state index contributed by atoms with van der Waals surface area (Å²) in [6.07, 6.45) is 1.66. The summed E-state index contributed by atoms with van der Waals surface area (Å²) in [7, 11) is 0. The van der Waals surface area contributed by atoms with Gasteiger partial charge in [-0.1, -0.05) is 17.7 Å². The van der Waals surface area contributed by atoms with Crippen molar-refractivity contribution in [3.63, 3.8) is 0 Å². The number of hydrogen-bond donors (Lipinski definition) is 1. The largest absolute Gasteiger partial charge is 0.368 e. The van der Waals surface area contributed by atoms with E-state index in [1.165, 1.54) is 12.1 Å². The molecule has 0 spiro atoms. The van der Waals surface area contributed by atoms with Crippen LogP contribution in [0.4, 0.5) is 27.5 Å². The van der Waals surface area contributed by atoms with Crippen LogP contribution in [0, 0.1) is 5.82 Å². The maximum Gasteiger partial charge on any atom is 0.249 e. The zero-order valence-corrected chi connectivity index (χ0v) is 15.3. The summed E-state index contributed by atoms with van der Waals surface area (Å²) in [5.74, 6) is 0.864. The van der Waals surface area contributed by atoms with Gasteiger partial charge in [-0.2, -0.15) is 10.1 Å². The Labute approximate surface area is 161 Å². The van der Waals surface area contributed by atoms with Gasteiger partial charge in [-0.05, 0) is 42.5 Å². The zero-order valence-electron chi connectivity index (χ0n) is 14.5. The normalized spacial score (nSPS) is 14.3. The number of piperazine rings is 1. The Kier molecular flexibility index (Phi) is 5.02. The van der Waals surface area contributed by atoms with Crippen LogP contribution >= 0.6 is 11.6 Å². The van der Waals surface area contributed by atoms with E-state index in [9.17, 15) is 4.39 Å². The molecule has 2 heterocycles. The molecule has 8 heteroatoms. The fourth-order valence-electron chi connectivity index (χ4n) is 3.03. The van der Waals surface area contributed by atoms with Gasteiger partial charge in [0, 0.05) is 42.6 Å². The highest BCUT2D eigenvalue weighted by molar-refractivity contribution is 6.30. The second-order valence-corrected chi connectivity index (χ2v) is 6.66. The van der Waals surface area contributed by atoms with Crippen molar-refractivity contribution in [1.82, 2.24) is 15.2 Å². The van der Waals surface area contributed by atoms with Crippen molar-refractivity contribution >= 4 is 34.7 Å². The number of rotatable bonds is 4. The van der Waals surface area contributed by atoms with Gasteiger partial charge in [0.15, 0.2) is 5.82 Å². The number of hydrogen-bond acceptors (Lipinski definition) is 6. The molecule has 0 atom stereocenters. The van der Waals surface area contributed by atoms with Crippen molar-refractivity contribution in [3.05, 3.63) is 65.6 Å². The molecule has 0 radical (unpaired) electrons. The van der Waals surface area contributed by atoms with E-state index < -0.39 is 0 Å². The van der Waals surface area contributed by atoms with Crippen LogP contribution in [0.5, 0.6) is 0 Å². The van der Waals surface area contributed by atoms with Gasteiger partial charge in [0.2, 0.25) is 5.95 Å².